The predicted molar refractivity (Wildman–Crippen MR) is 89.5 cm³/mol. The summed E-state index contributed by atoms with van der Waals surface area (Å²) >= 11 is 3.28. The molecule has 3 atom stereocenters. The van der Waals surface area contributed by atoms with E-state index in [-0.39, 0.29) is 17.9 Å². The van der Waals surface area contributed by atoms with Crippen molar-refractivity contribution in [2.75, 3.05) is 0 Å². The lowest BCUT2D eigenvalue weighted by molar-refractivity contribution is -0.138. The standard InChI is InChI=1S/C9H8BrNO2.C8H11N/c10-5-1-2-8(11-4-5)6-3-7(6)9(12)13;1-7(9)8-5-3-2-4-6-8/h1-2,4,6-7H,3H2,(H,12,13);2-7H,9H2,1H3/t6-,7-;7-/m00/s1. The molecule has 0 bridgehead atoms. The highest BCUT2D eigenvalue weighted by Crippen LogP contribution is 2.46. The van der Waals surface area contributed by atoms with E-state index in [1.807, 2.05) is 49.4 Å². The van der Waals surface area contributed by atoms with Crippen molar-refractivity contribution in [1.82, 2.24) is 4.98 Å². The molecule has 116 valence electrons. The van der Waals surface area contributed by atoms with Crippen LogP contribution in [0.4, 0.5) is 0 Å². The number of nitrogens with zero attached hydrogens (tertiary/aromatic N) is 1. The first kappa shape index (κ1) is 16.6. The van der Waals surface area contributed by atoms with Gasteiger partial charge in [-0.25, -0.2) is 0 Å². The summed E-state index contributed by atoms with van der Waals surface area (Å²) in [6.07, 6.45) is 2.43. The van der Waals surface area contributed by atoms with Crippen molar-refractivity contribution in [1.29, 1.82) is 0 Å². The summed E-state index contributed by atoms with van der Waals surface area (Å²) < 4.78 is 0.920. The van der Waals surface area contributed by atoms with Gasteiger partial charge in [0.2, 0.25) is 0 Å². The van der Waals surface area contributed by atoms with E-state index in [4.69, 9.17) is 10.8 Å². The summed E-state index contributed by atoms with van der Waals surface area (Å²) in [6.45, 7) is 1.98. The van der Waals surface area contributed by atoms with Crippen LogP contribution >= 0.6 is 15.9 Å². The summed E-state index contributed by atoms with van der Waals surface area (Å²) in [7, 11) is 0. The van der Waals surface area contributed by atoms with Crippen molar-refractivity contribution in [2.45, 2.75) is 25.3 Å². The highest BCUT2D eigenvalue weighted by Gasteiger charge is 2.45. The predicted octanol–water partition coefficient (Wildman–Crippen LogP) is 3.74. The summed E-state index contributed by atoms with van der Waals surface area (Å²) in [5.74, 6) is -0.797. The molecule has 0 amide bonds. The van der Waals surface area contributed by atoms with E-state index in [2.05, 4.69) is 20.9 Å². The molecule has 1 saturated carbocycles. The zero-order valence-corrected chi connectivity index (χ0v) is 13.9. The maximum atomic E-state index is 10.6. The summed E-state index contributed by atoms with van der Waals surface area (Å²) in [5.41, 5.74) is 7.69. The van der Waals surface area contributed by atoms with Gasteiger partial charge in [0.25, 0.3) is 0 Å². The Morgan fingerprint density at radius 3 is 2.41 bits per heavy atom. The smallest absolute Gasteiger partial charge is 0.307 e. The average Bonchev–Trinajstić information content (AvgIpc) is 3.30. The molecular formula is C17H19BrN2O2. The molecule has 3 rings (SSSR count). The van der Waals surface area contributed by atoms with E-state index in [0.29, 0.717) is 0 Å². The van der Waals surface area contributed by atoms with Gasteiger partial charge >= 0.3 is 5.97 Å². The SMILES string of the molecule is C[C@H](N)c1ccccc1.O=C(O)[C@H]1C[C@@H]1c1ccc(Br)cn1. The molecule has 1 aromatic heterocycles. The van der Waals surface area contributed by atoms with E-state index < -0.39 is 5.97 Å². The third-order valence-electron chi connectivity index (χ3n) is 3.56. The lowest BCUT2D eigenvalue weighted by Gasteiger charge is -2.02. The molecule has 0 unspecified atom stereocenters. The van der Waals surface area contributed by atoms with Gasteiger partial charge in [-0.1, -0.05) is 30.3 Å². The monoisotopic (exact) mass is 362 g/mol. The third-order valence-corrected chi connectivity index (χ3v) is 4.03. The van der Waals surface area contributed by atoms with Gasteiger partial charge in [0.15, 0.2) is 0 Å². The van der Waals surface area contributed by atoms with E-state index in [1.165, 1.54) is 5.56 Å². The fourth-order valence-corrected chi connectivity index (χ4v) is 2.39. The fourth-order valence-electron chi connectivity index (χ4n) is 2.16. The molecule has 0 spiro atoms. The van der Waals surface area contributed by atoms with Crippen LogP contribution in [0.2, 0.25) is 0 Å². The zero-order chi connectivity index (χ0) is 16.1. The summed E-state index contributed by atoms with van der Waals surface area (Å²) in [5, 5.41) is 8.70. The van der Waals surface area contributed by atoms with Crippen LogP contribution in [0.1, 0.15) is 36.6 Å². The Morgan fingerprint density at radius 2 is 2.00 bits per heavy atom. The Labute approximate surface area is 138 Å². The van der Waals surface area contributed by atoms with Crippen molar-refractivity contribution in [3.8, 4) is 0 Å². The molecule has 1 heterocycles. The summed E-state index contributed by atoms with van der Waals surface area (Å²) in [6, 6.07) is 14.0. The number of carboxylic acid groups (broad SMARTS) is 1. The lowest BCUT2D eigenvalue weighted by atomic mass is 10.1. The number of rotatable bonds is 3. The molecule has 0 radical (unpaired) electrons. The average molecular weight is 363 g/mol. The Morgan fingerprint density at radius 1 is 1.32 bits per heavy atom. The van der Waals surface area contributed by atoms with Gasteiger partial charge < -0.3 is 10.8 Å². The van der Waals surface area contributed by atoms with Crippen molar-refractivity contribution in [2.24, 2.45) is 11.7 Å². The number of carbonyl (C=O) groups is 1. The first-order valence-corrected chi connectivity index (χ1v) is 7.93. The Balaban J connectivity index is 0.000000172. The van der Waals surface area contributed by atoms with E-state index in [0.717, 1.165) is 16.6 Å². The van der Waals surface area contributed by atoms with Crippen molar-refractivity contribution in [3.05, 3.63) is 64.4 Å². The Bertz CT molecular complexity index is 614. The first-order chi connectivity index (χ1) is 10.5. The van der Waals surface area contributed by atoms with Crippen molar-refractivity contribution in [3.63, 3.8) is 0 Å². The van der Waals surface area contributed by atoms with Crippen LogP contribution in [0.5, 0.6) is 0 Å². The van der Waals surface area contributed by atoms with Crippen LogP contribution in [-0.2, 0) is 4.79 Å². The van der Waals surface area contributed by atoms with Crippen LogP contribution in [0.15, 0.2) is 53.1 Å². The molecule has 1 aliphatic rings. The lowest BCUT2D eigenvalue weighted by Crippen LogP contribution is -2.03. The minimum absolute atomic E-state index is 0.130. The first-order valence-electron chi connectivity index (χ1n) is 7.14. The fraction of sp³-hybridized carbons (Fsp3) is 0.294. The minimum Gasteiger partial charge on any atom is -0.481 e. The zero-order valence-electron chi connectivity index (χ0n) is 12.3. The van der Waals surface area contributed by atoms with Gasteiger partial charge in [0.05, 0.1) is 5.92 Å². The topological polar surface area (TPSA) is 76.2 Å². The van der Waals surface area contributed by atoms with Crippen molar-refractivity contribution < 1.29 is 9.90 Å². The molecule has 5 heteroatoms. The molecule has 0 aliphatic heterocycles. The molecule has 0 saturated heterocycles. The quantitative estimate of drug-likeness (QED) is 0.871. The Hall–Kier alpha value is -1.72. The van der Waals surface area contributed by atoms with Gasteiger partial charge in [0.1, 0.15) is 0 Å². The third kappa shape index (κ3) is 4.64. The Kier molecular flexibility index (Phi) is 5.69. The van der Waals surface area contributed by atoms with Gasteiger partial charge in [-0.05, 0) is 47.0 Å². The normalized spacial score (nSPS) is 20.5. The van der Waals surface area contributed by atoms with Gasteiger partial charge in [-0.3, -0.25) is 9.78 Å². The number of aromatic nitrogens is 1. The number of aliphatic carboxylic acids is 1. The second kappa shape index (κ2) is 7.51. The number of benzene rings is 1. The number of carboxylic acids is 1. The van der Waals surface area contributed by atoms with Gasteiger partial charge in [-0.2, -0.15) is 0 Å². The van der Waals surface area contributed by atoms with Crippen LogP contribution in [0.25, 0.3) is 0 Å². The second-order valence-corrected chi connectivity index (χ2v) is 6.30. The number of pyridine rings is 1. The highest BCUT2D eigenvalue weighted by atomic mass is 79.9. The molecule has 22 heavy (non-hydrogen) atoms. The van der Waals surface area contributed by atoms with Gasteiger partial charge in [0, 0.05) is 28.3 Å². The molecule has 1 fully saturated rings. The molecule has 1 aliphatic carbocycles. The van der Waals surface area contributed by atoms with E-state index in [9.17, 15) is 4.79 Å². The molecule has 1 aromatic carbocycles. The van der Waals surface area contributed by atoms with E-state index in [1.54, 1.807) is 6.20 Å². The largest absolute Gasteiger partial charge is 0.481 e. The number of nitrogens with two attached hydrogens (primary N) is 1. The number of hydrogen-bond donors (Lipinski definition) is 2. The molecule has 3 N–H and O–H groups in total. The minimum atomic E-state index is -0.713. The van der Waals surface area contributed by atoms with Crippen LogP contribution < -0.4 is 5.73 Å². The van der Waals surface area contributed by atoms with Crippen LogP contribution in [-0.4, -0.2) is 16.1 Å². The summed E-state index contributed by atoms with van der Waals surface area (Å²) in [4.78, 5) is 14.7. The van der Waals surface area contributed by atoms with Crippen LogP contribution in [0, 0.1) is 5.92 Å². The maximum Gasteiger partial charge on any atom is 0.307 e. The number of hydrogen-bond acceptors (Lipinski definition) is 3. The van der Waals surface area contributed by atoms with Crippen molar-refractivity contribution >= 4 is 21.9 Å². The molecular weight excluding hydrogens is 344 g/mol. The molecule has 4 nitrogen and oxygen atoms in total. The molecule has 2 aromatic rings. The van der Waals surface area contributed by atoms with Gasteiger partial charge in [-0.15, -0.1) is 0 Å². The van der Waals surface area contributed by atoms with Crippen LogP contribution in [0.3, 0.4) is 0 Å². The van der Waals surface area contributed by atoms with E-state index >= 15 is 0 Å². The number of halogens is 1. The second-order valence-electron chi connectivity index (χ2n) is 5.39. The maximum absolute atomic E-state index is 10.6. The highest BCUT2D eigenvalue weighted by molar-refractivity contribution is 9.10.